The van der Waals surface area contributed by atoms with E-state index in [0.717, 1.165) is 25.8 Å². The monoisotopic (exact) mass is 266 g/mol. The van der Waals surface area contributed by atoms with Gasteiger partial charge in [0.05, 0.1) is 0 Å². The highest BCUT2D eigenvalue weighted by molar-refractivity contribution is 5.93. The fourth-order valence-corrected chi connectivity index (χ4v) is 2.49. The van der Waals surface area contributed by atoms with E-state index < -0.39 is 4.92 Å². The van der Waals surface area contributed by atoms with E-state index in [9.17, 15) is 14.9 Å². The molecule has 1 aromatic heterocycles. The molecule has 7 nitrogen and oxygen atoms in total. The van der Waals surface area contributed by atoms with Crippen molar-refractivity contribution in [2.75, 3.05) is 20.1 Å². The van der Waals surface area contributed by atoms with Crippen LogP contribution in [-0.2, 0) is 0 Å². The van der Waals surface area contributed by atoms with Crippen molar-refractivity contribution in [1.82, 2.24) is 15.2 Å². The lowest BCUT2D eigenvalue weighted by molar-refractivity contribution is -0.389. The molecule has 1 aromatic rings. The summed E-state index contributed by atoms with van der Waals surface area (Å²) in [6, 6.07) is 2.96. The number of likely N-dealkylation sites (tertiary alicyclic amines) is 1. The molecule has 7 heteroatoms. The van der Waals surface area contributed by atoms with E-state index in [1.54, 1.807) is 4.90 Å². The van der Waals surface area contributed by atoms with Gasteiger partial charge in [-0.05, 0) is 37.3 Å². The van der Waals surface area contributed by atoms with Gasteiger partial charge in [-0.2, -0.15) is 0 Å². The molecule has 1 amide bonds. The number of carbonyl (C=O) groups excluding carboxylic acids is 1. The quantitative estimate of drug-likeness (QED) is 0.631. The molecule has 2 heterocycles. The minimum Gasteiger partial charge on any atom is -0.358 e. The van der Waals surface area contributed by atoms with Crippen LogP contribution in [0.1, 0.15) is 29.8 Å². The van der Waals surface area contributed by atoms with Crippen LogP contribution in [0.3, 0.4) is 0 Å². The summed E-state index contributed by atoms with van der Waals surface area (Å²) in [5, 5.41) is 13.7. The van der Waals surface area contributed by atoms with Gasteiger partial charge in [0.1, 0.15) is 0 Å². The molecule has 1 atom stereocenters. The molecule has 104 valence electrons. The predicted octanol–water partition coefficient (Wildman–Crippen LogP) is 1.14. The Hall–Kier alpha value is -1.89. The standard InChI is InChI=1S/C12H18N4O3/c1-13-8-9-4-2-3-7-15(9)12(17)10-5-6-11(14-10)16(18)19/h5-6,9,13-14H,2-4,7-8H2,1H3. The molecular weight excluding hydrogens is 248 g/mol. The van der Waals surface area contributed by atoms with Gasteiger partial charge in [0.15, 0.2) is 5.69 Å². The van der Waals surface area contributed by atoms with Gasteiger partial charge in [0.2, 0.25) is 0 Å². The van der Waals surface area contributed by atoms with Crippen LogP contribution in [-0.4, -0.2) is 46.9 Å². The van der Waals surface area contributed by atoms with Crippen LogP contribution in [0.4, 0.5) is 5.82 Å². The number of nitrogens with zero attached hydrogens (tertiary/aromatic N) is 2. The molecule has 1 aliphatic rings. The fourth-order valence-electron chi connectivity index (χ4n) is 2.49. The van der Waals surface area contributed by atoms with E-state index >= 15 is 0 Å². The molecule has 1 aliphatic heterocycles. The molecule has 1 saturated heterocycles. The summed E-state index contributed by atoms with van der Waals surface area (Å²) in [7, 11) is 1.86. The van der Waals surface area contributed by atoms with Gasteiger partial charge in [-0.25, -0.2) is 4.98 Å². The molecule has 0 spiro atoms. The van der Waals surface area contributed by atoms with Gasteiger partial charge in [-0.15, -0.1) is 0 Å². The molecule has 0 aromatic carbocycles. The summed E-state index contributed by atoms with van der Waals surface area (Å²) in [4.78, 5) is 26.8. The number of carbonyl (C=O) groups is 1. The van der Waals surface area contributed by atoms with Crippen LogP contribution in [0.25, 0.3) is 0 Å². The highest BCUT2D eigenvalue weighted by Gasteiger charge is 2.29. The van der Waals surface area contributed by atoms with E-state index in [-0.39, 0.29) is 23.5 Å². The Kier molecular flexibility index (Phi) is 4.16. The van der Waals surface area contributed by atoms with Crippen LogP contribution in [0.15, 0.2) is 12.1 Å². The highest BCUT2D eigenvalue weighted by Crippen LogP contribution is 2.20. The van der Waals surface area contributed by atoms with Crippen LogP contribution in [0.2, 0.25) is 0 Å². The third-order valence-electron chi connectivity index (χ3n) is 3.43. The molecule has 19 heavy (non-hydrogen) atoms. The number of hydrogen-bond acceptors (Lipinski definition) is 4. The van der Waals surface area contributed by atoms with Crippen molar-refractivity contribution in [3.05, 3.63) is 27.9 Å². The first kappa shape index (κ1) is 13.5. The van der Waals surface area contributed by atoms with Crippen molar-refractivity contribution in [2.45, 2.75) is 25.3 Å². The van der Waals surface area contributed by atoms with Gasteiger partial charge in [0, 0.05) is 25.2 Å². The van der Waals surface area contributed by atoms with Crippen molar-refractivity contribution in [2.24, 2.45) is 0 Å². The second kappa shape index (κ2) is 5.83. The number of aromatic nitrogens is 1. The smallest absolute Gasteiger partial charge is 0.321 e. The lowest BCUT2D eigenvalue weighted by Crippen LogP contribution is -2.48. The Balaban J connectivity index is 2.13. The van der Waals surface area contributed by atoms with Crippen molar-refractivity contribution in [3.8, 4) is 0 Å². The molecule has 0 aliphatic carbocycles. The average molecular weight is 266 g/mol. The van der Waals surface area contributed by atoms with Crippen molar-refractivity contribution < 1.29 is 9.72 Å². The highest BCUT2D eigenvalue weighted by atomic mass is 16.6. The summed E-state index contributed by atoms with van der Waals surface area (Å²) in [5.41, 5.74) is 0.287. The van der Waals surface area contributed by atoms with Gasteiger partial charge in [-0.1, -0.05) is 0 Å². The number of nitrogens with one attached hydrogen (secondary N) is 2. The van der Waals surface area contributed by atoms with Crippen molar-refractivity contribution in [1.29, 1.82) is 0 Å². The topological polar surface area (TPSA) is 91.3 Å². The van der Waals surface area contributed by atoms with E-state index in [1.807, 2.05) is 7.05 Å². The van der Waals surface area contributed by atoms with Crippen LogP contribution in [0.5, 0.6) is 0 Å². The fraction of sp³-hybridized carbons (Fsp3) is 0.583. The van der Waals surface area contributed by atoms with E-state index in [1.165, 1.54) is 12.1 Å². The summed E-state index contributed by atoms with van der Waals surface area (Å²) >= 11 is 0. The molecule has 0 saturated carbocycles. The zero-order valence-electron chi connectivity index (χ0n) is 10.9. The molecule has 1 fully saturated rings. The number of likely N-dealkylation sites (N-methyl/N-ethyl adjacent to an activating group) is 1. The third-order valence-corrected chi connectivity index (χ3v) is 3.43. The Morgan fingerprint density at radius 3 is 3.00 bits per heavy atom. The number of amides is 1. The molecule has 1 unspecified atom stereocenters. The van der Waals surface area contributed by atoms with Gasteiger partial charge >= 0.3 is 5.82 Å². The molecular formula is C12H18N4O3. The van der Waals surface area contributed by atoms with Crippen molar-refractivity contribution >= 4 is 11.7 Å². The lowest BCUT2D eigenvalue weighted by Gasteiger charge is -2.35. The maximum atomic E-state index is 12.4. The summed E-state index contributed by atoms with van der Waals surface area (Å²) in [6.07, 6.45) is 3.06. The Labute approximate surface area is 111 Å². The second-order valence-electron chi connectivity index (χ2n) is 4.72. The maximum absolute atomic E-state index is 12.4. The first-order chi connectivity index (χ1) is 9.13. The average Bonchev–Trinajstić information content (AvgIpc) is 2.89. The van der Waals surface area contributed by atoms with E-state index in [0.29, 0.717) is 6.54 Å². The number of aromatic amines is 1. The first-order valence-electron chi connectivity index (χ1n) is 6.42. The molecule has 0 bridgehead atoms. The number of nitro groups is 1. The minimum absolute atomic E-state index is 0.148. The Morgan fingerprint density at radius 1 is 1.58 bits per heavy atom. The zero-order valence-corrected chi connectivity index (χ0v) is 10.9. The lowest BCUT2D eigenvalue weighted by atomic mass is 10.0. The Bertz CT molecular complexity index is 469. The van der Waals surface area contributed by atoms with E-state index in [4.69, 9.17) is 0 Å². The minimum atomic E-state index is -0.530. The zero-order chi connectivity index (χ0) is 13.8. The number of rotatable bonds is 4. The molecule has 2 rings (SSSR count). The van der Waals surface area contributed by atoms with Gasteiger partial charge < -0.3 is 20.3 Å². The SMILES string of the molecule is CNCC1CCCCN1C(=O)c1ccc([N+](=O)[O-])[nH]1. The van der Waals surface area contributed by atoms with Gasteiger partial charge in [0.25, 0.3) is 5.91 Å². The third kappa shape index (κ3) is 2.93. The molecule has 2 N–H and O–H groups in total. The number of hydrogen-bond donors (Lipinski definition) is 2. The normalized spacial score (nSPS) is 19.4. The summed E-state index contributed by atoms with van der Waals surface area (Å²) in [6.45, 7) is 1.45. The first-order valence-corrected chi connectivity index (χ1v) is 6.42. The van der Waals surface area contributed by atoms with Crippen LogP contribution < -0.4 is 5.32 Å². The van der Waals surface area contributed by atoms with Crippen molar-refractivity contribution in [3.63, 3.8) is 0 Å². The number of H-pyrrole nitrogens is 1. The largest absolute Gasteiger partial charge is 0.358 e. The number of piperidine rings is 1. The Morgan fingerprint density at radius 2 is 2.37 bits per heavy atom. The predicted molar refractivity (Wildman–Crippen MR) is 70.0 cm³/mol. The second-order valence-corrected chi connectivity index (χ2v) is 4.72. The van der Waals surface area contributed by atoms with Gasteiger partial charge in [-0.3, -0.25) is 4.79 Å². The maximum Gasteiger partial charge on any atom is 0.321 e. The van der Waals surface area contributed by atoms with E-state index in [2.05, 4.69) is 10.3 Å². The van der Waals surface area contributed by atoms with Crippen LogP contribution in [0, 0.1) is 10.1 Å². The molecule has 0 radical (unpaired) electrons. The summed E-state index contributed by atoms with van der Waals surface area (Å²) < 4.78 is 0. The van der Waals surface area contributed by atoms with Crippen LogP contribution >= 0.6 is 0 Å². The summed E-state index contributed by atoms with van der Waals surface area (Å²) in [5.74, 6) is -0.307.